The van der Waals surface area contributed by atoms with E-state index in [9.17, 15) is 0 Å². The lowest BCUT2D eigenvalue weighted by molar-refractivity contribution is 1.08. The minimum Gasteiger partial charge on any atom is -0.368 e. The fourth-order valence-corrected chi connectivity index (χ4v) is 1.68. The smallest absolute Gasteiger partial charge is 0.224 e. The molecule has 0 radical (unpaired) electrons. The van der Waals surface area contributed by atoms with Crippen molar-refractivity contribution >= 4 is 23.3 Å². The number of anilines is 4. The van der Waals surface area contributed by atoms with Crippen molar-refractivity contribution < 1.29 is 0 Å². The van der Waals surface area contributed by atoms with Crippen molar-refractivity contribution in [2.75, 3.05) is 23.1 Å². The van der Waals surface area contributed by atoms with Gasteiger partial charge in [-0.3, -0.25) is 0 Å². The maximum Gasteiger partial charge on any atom is 0.224 e. The maximum atomic E-state index is 9.10. The van der Waals surface area contributed by atoms with E-state index in [2.05, 4.69) is 21.5 Å². The normalized spacial score (nSPS) is 9.74. The Morgan fingerprint density at radius 1 is 1.32 bits per heavy atom. The second-order valence-corrected chi connectivity index (χ2v) is 3.80. The van der Waals surface area contributed by atoms with Crippen molar-refractivity contribution in [3.05, 3.63) is 35.9 Å². The second-order valence-electron chi connectivity index (χ2n) is 3.80. The first-order valence-corrected chi connectivity index (χ1v) is 5.49. The van der Waals surface area contributed by atoms with E-state index >= 15 is 0 Å². The number of aromatic nitrogens is 2. The molecule has 2 aromatic rings. The van der Waals surface area contributed by atoms with Gasteiger partial charge in [0.2, 0.25) is 5.95 Å². The van der Waals surface area contributed by atoms with Crippen LogP contribution in [-0.4, -0.2) is 17.0 Å². The SMILES string of the molecule is CN(c1cc(NN)nc(N)n1)c1ccccc1C#N. The third-order valence-electron chi connectivity index (χ3n) is 2.61. The van der Waals surface area contributed by atoms with Gasteiger partial charge in [0.25, 0.3) is 0 Å². The minimum atomic E-state index is 0.103. The number of nitrogens with one attached hydrogen (secondary N) is 1. The zero-order chi connectivity index (χ0) is 13.8. The predicted octanol–water partition coefficient (Wildman–Crippen LogP) is 0.984. The fourth-order valence-electron chi connectivity index (χ4n) is 1.68. The summed E-state index contributed by atoms with van der Waals surface area (Å²) in [4.78, 5) is 9.78. The summed E-state index contributed by atoms with van der Waals surface area (Å²) in [7, 11) is 1.79. The maximum absolute atomic E-state index is 9.10. The van der Waals surface area contributed by atoms with Crippen molar-refractivity contribution in [2.24, 2.45) is 5.84 Å². The molecule has 0 aliphatic rings. The Morgan fingerprint density at radius 2 is 2.05 bits per heavy atom. The molecule has 5 N–H and O–H groups in total. The topological polar surface area (TPSA) is 117 Å². The average molecular weight is 255 g/mol. The van der Waals surface area contributed by atoms with E-state index in [-0.39, 0.29) is 5.95 Å². The van der Waals surface area contributed by atoms with Gasteiger partial charge in [-0.25, -0.2) is 5.84 Å². The van der Waals surface area contributed by atoms with Gasteiger partial charge in [-0.2, -0.15) is 15.2 Å². The first-order chi connectivity index (χ1) is 9.15. The average Bonchev–Trinajstić information content (AvgIpc) is 2.45. The Morgan fingerprint density at radius 3 is 2.74 bits per heavy atom. The van der Waals surface area contributed by atoms with E-state index in [1.54, 1.807) is 30.1 Å². The number of rotatable bonds is 3. The highest BCUT2D eigenvalue weighted by Crippen LogP contribution is 2.26. The summed E-state index contributed by atoms with van der Waals surface area (Å²) in [5.41, 5.74) is 9.31. The number of hydrogen-bond acceptors (Lipinski definition) is 7. The van der Waals surface area contributed by atoms with Crippen molar-refractivity contribution in [1.82, 2.24) is 9.97 Å². The largest absolute Gasteiger partial charge is 0.368 e. The molecule has 1 aromatic carbocycles. The van der Waals surface area contributed by atoms with Gasteiger partial charge < -0.3 is 16.1 Å². The highest BCUT2D eigenvalue weighted by molar-refractivity contribution is 5.68. The molecule has 7 nitrogen and oxygen atoms in total. The van der Waals surface area contributed by atoms with Gasteiger partial charge in [-0.05, 0) is 12.1 Å². The molecule has 0 amide bonds. The van der Waals surface area contributed by atoms with Crippen LogP contribution in [0.2, 0.25) is 0 Å². The quantitative estimate of drug-likeness (QED) is 0.552. The summed E-state index contributed by atoms with van der Waals surface area (Å²) >= 11 is 0. The molecule has 0 saturated heterocycles. The molecule has 0 unspecified atom stereocenters. The highest BCUT2D eigenvalue weighted by Gasteiger charge is 2.11. The van der Waals surface area contributed by atoms with Gasteiger partial charge >= 0.3 is 0 Å². The molecule has 19 heavy (non-hydrogen) atoms. The van der Waals surface area contributed by atoms with Gasteiger partial charge in [0.05, 0.1) is 11.3 Å². The Bertz CT molecular complexity index is 632. The van der Waals surface area contributed by atoms with E-state index in [1.807, 2.05) is 12.1 Å². The van der Waals surface area contributed by atoms with Crippen LogP contribution in [0.25, 0.3) is 0 Å². The molecule has 0 aliphatic heterocycles. The van der Waals surface area contributed by atoms with Crippen LogP contribution in [0.15, 0.2) is 30.3 Å². The molecule has 0 bridgehead atoms. The summed E-state index contributed by atoms with van der Waals surface area (Å²) in [6.07, 6.45) is 0. The van der Waals surface area contributed by atoms with Gasteiger partial charge in [0.1, 0.15) is 17.7 Å². The zero-order valence-corrected chi connectivity index (χ0v) is 10.3. The Kier molecular flexibility index (Phi) is 3.45. The Balaban J connectivity index is 2.47. The molecule has 1 aromatic heterocycles. The number of hydrogen-bond donors (Lipinski definition) is 3. The first kappa shape index (κ1) is 12.6. The molecule has 2 rings (SSSR count). The van der Waals surface area contributed by atoms with Crippen LogP contribution in [0.1, 0.15) is 5.56 Å². The number of nitriles is 1. The van der Waals surface area contributed by atoms with Gasteiger partial charge in [0.15, 0.2) is 0 Å². The number of para-hydroxylation sites is 1. The lowest BCUT2D eigenvalue weighted by Crippen LogP contribution is -2.16. The number of nitrogens with zero attached hydrogens (tertiary/aromatic N) is 4. The summed E-state index contributed by atoms with van der Waals surface area (Å²) in [5.74, 6) is 6.37. The predicted molar refractivity (Wildman–Crippen MR) is 73.5 cm³/mol. The molecule has 0 saturated carbocycles. The first-order valence-electron chi connectivity index (χ1n) is 5.49. The third-order valence-corrected chi connectivity index (χ3v) is 2.61. The standard InChI is InChI=1S/C12H13N7/c1-19(9-5-3-2-4-8(9)7-13)11-6-10(18-15)16-12(14)17-11/h2-6H,15H2,1H3,(H3,14,16,17,18). The van der Waals surface area contributed by atoms with Crippen LogP contribution in [-0.2, 0) is 0 Å². The Labute approximate surface area is 110 Å². The Hall–Kier alpha value is -2.85. The molecule has 1 heterocycles. The van der Waals surface area contributed by atoms with E-state index in [4.69, 9.17) is 16.8 Å². The van der Waals surface area contributed by atoms with E-state index in [0.29, 0.717) is 17.2 Å². The molecule has 96 valence electrons. The highest BCUT2D eigenvalue weighted by atomic mass is 15.3. The summed E-state index contributed by atoms with van der Waals surface area (Å²) in [6.45, 7) is 0. The third kappa shape index (κ3) is 2.53. The van der Waals surface area contributed by atoms with Crippen molar-refractivity contribution in [3.8, 4) is 6.07 Å². The monoisotopic (exact) mass is 255 g/mol. The summed E-state index contributed by atoms with van der Waals surface area (Å²) in [6, 6.07) is 11.0. The molecule has 0 fully saturated rings. The van der Waals surface area contributed by atoms with Crippen LogP contribution < -0.4 is 21.9 Å². The molecular formula is C12H13N7. The van der Waals surface area contributed by atoms with E-state index in [0.717, 1.165) is 5.69 Å². The van der Waals surface area contributed by atoms with Crippen LogP contribution >= 0.6 is 0 Å². The molecule has 7 heteroatoms. The number of hydrazine groups is 1. The lowest BCUT2D eigenvalue weighted by Gasteiger charge is -2.20. The van der Waals surface area contributed by atoms with Gasteiger partial charge in [-0.15, -0.1) is 0 Å². The zero-order valence-electron chi connectivity index (χ0n) is 10.3. The van der Waals surface area contributed by atoms with Crippen LogP contribution in [0.4, 0.5) is 23.3 Å². The molecule has 0 atom stereocenters. The van der Waals surface area contributed by atoms with Crippen LogP contribution in [0, 0.1) is 11.3 Å². The fraction of sp³-hybridized carbons (Fsp3) is 0.0833. The van der Waals surface area contributed by atoms with Crippen molar-refractivity contribution in [1.29, 1.82) is 5.26 Å². The number of nitrogen functional groups attached to an aromatic ring is 2. The van der Waals surface area contributed by atoms with Crippen molar-refractivity contribution in [3.63, 3.8) is 0 Å². The number of nitrogens with two attached hydrogens (primary N) is 2. The van der Waals surface area contributed by atoms with Crippen LogP contribution in [0.3, 0.4) is 0 Å². The van der Waals surface area contributed by atoms with E-state index in [1.165, 1.54) is 0 Å². The molecule has 0 spiro atoms. The lowest BCUT2D eigenvalue weighted by atomic mass is 10.2. The molecule has 0 aliphatic carbocycles. The van der Waals surface area contributed by atoms with Gasteiger partial charge in [-0.1, -0.05) is 12.1 Å². The van der Waals surface area contributed by atoms with Crippen molar-refractivity contribution in [2.45, 2.75) is 0 Å². The second kappa shape index (κ2) is 5.20. The van der Waals surface area contributed by atoms with E-state index < -0.39 is 0 Å². The van der Waals surface area contributed by atoms with Gasteiger partial charge in [0, 0.05) is 13.1 Å². The molecular weight excluding hydrogens is 242 g/mol. The summed E-state index contributed by atoms with van der Waals surface area (Å²) < 4.78 is 0. The minimum absolute atomic E-state index is 0.103. The number of benzene rings is 1. The summed E-state index contributed by atoms with van der Waals surface area (Å²) in [5, 5.41) is 9.10. The van der Waals surface area contributed by atoms with Crippen LogP contribution in [0.5, 0.6) is 0 Å².